The first kappa shape index (κ1) is 12.1. The molecule has 0 bridgehead atoms. The highest BCUT2D eigenvalue weighted by Gasteiger charge is 2.13. The predicted molar refractivity (Wildman–Crippen MR) is 68.4 cm³/mol. The fourth-order valence-electron chi connectivity index (χ4n) is 2.45. The Hall–Kier alpha value is -1.35. The topological polar surface area (TPSA) is 69.1 Å². The summed E-state index contributed by atoms with van der Waals surface area (Å²) in [5, 5.41) is 0. The average molecular weight is 232 g/mol. The Balaban J connectivity index is 2.08. The quantitative estimate of drug-likeness (QED) is 0.831. The zero-order chi connectivity index (χ0) is 12.3. The van der Waals surface area contributed by atoms with Gasteiger partial charge in [0.25, 0.3) is 0 Å². The molecular formula is C14H20N2O. The Morgan fingerprint density at radius 1 is 1.24 bits per heavy atom. The first-order valence-electron chi connectivity index (χ1n) is 6.32. The number of amides is 1. The van der Waals surface area contributed by atoms with Crippen molar-refractivity contribution in [3.05, 3.63) is 34.9 Å². The molecule has 4 N–H and O–H groups in total. The number of aryl methyl sites for hydroxylation is 2. The zero-order valence-electron chi connectivity index (χ0n) is 10.1. The second-order valence-electron chi connectivity index (χ2n) is 4.85. The molecule has 3 nitrogen and oxygen atoms in total. The summed E-state index contributed by atoms with van der Waals surface area (Å²) < 4.78 is 0. The number of rotatable bonds is 4. The van der Waals surface area contributed by atoms with Crippen LogP contribution >= 0.6 is 0 Å². The van der Waals surface area contributed by atoms with Crippen molar-refractivity contribution in [2.24, 2.45) is 11.5 Å². The van der Waals surface area contributed by atoms with Crippen LogP contribution in [0.2, 0.25) is 0 Å². The lowest BCUT2D eigenvalue weighted by molar-refractivity contribution is -0.118. The van der Waals surface area contributed by atoms with Crippen LogP contribution in [0, 0.1) is 0 Å². The minimum atomic E-state index is -0.279. The van der Waals surface area contributed by atoms with Gasteiger partial charge >= 0.3 is 0 Å². The Kier molecular flexibility index (Phi) is 3.79. The van der Waals surface area contributed by atoms with Crippen molar-refractivity contribution in [1.29, 1.82) is 0 Å². The molecule has 1 amide bonds. The van der Waals surface area contributed by atoms with Crippen molar-refractivity contribution in [2.75, 3.05) is 0 Å². The number of hydrogen-bond acceptors (Lipinski definition) is 2. The molecule has 2 rings (SSSR count). The number of primary amides is 1. The second kappa shape index (κ2) is 5.32. The van der Waals surface area contributed by atoms with Crippen LogP contribution in [0.15, 0.2) is 18.2 Å². The van der Waals surface area contributed by atoms with E-state index in [1.165, 1.54) is 30.4 Å². The van der Waals surface area contributed by atoms with Crippen LogP contribution in [0.5, 0.6) is 0 Å². The summed E-state index contributed by atoms with van der Waals surface area (Å²) in [5.41, 5.74) is 15.2. The molecule has 1 aromatic carbocycles. The van der Waals surface area contributed by atoms with Gasteiger partial charge in [-0.2, -0.15) is 0 Å². The van der Waals surface area contributed by atoms with E-state index in [4.69, 9.17) is 11.5 Å². The Bertz CT molecular complexity index is 415. The summed E-state index contributed by atoms with van der Waals surface area (Å²) in [7, 11) is 0. The molecule has 1 atom stereocenters. The van der Waals surface area contributed by atoms with Gasteiger partial charge in [-0.15, -0.1) is 0 Å². The summed E-state index contributed by atoms with van der Waals surface area (Å²) >= 11 is 0. The van der Waals surface area contributed by atoms with E-state index in [9.17, 15) is 4.79 Å². The van der Waals surface area contributed by atoms with Crippen LogP contribution in [-0.2, 0) is 17.6 Å². The van der Waals surface area contributed by atoms with Crippen LogP contribution in [0.1, 0.15) is 48.4 Å². The SMILES string of the molecule is NC(=O)CCC(N)c1ccc2c(c1)CCCC2. The first-order chi connectivity index (χ1) is 8.16. The zero-order valence-corrected chi connectivity index (χ0v) is 10.1. The highest BCUT2D eigenvalue weighted by molar-refractivity contribution is 5.73. The second-order valence-corrected chi connectivity index (χ2v) is 4.85. The molecule has 0 radical (unpaired) electrons. The molecule has 17 heavy (non-hydrogen) atoms. The Labute approximate surface area is 102 Å². The Morgan fingerprint density at radius 3 is 2.65 bits per heavy atom. The highest BCUT2D eigenvalue weighted by atomic mass is 16.1. The fraction of sp³-hybridized carbons (Fsp3) is 0.500. The summed E-state index contributed by atoms with van der Waals surface area (Å²) in [6.07, 6.45) is 5.90. The standard InChI is InChI=1S/C14H20N2O/c15-13(7-8-14(16)17)12-6-5-10-3-1-2-4-11(10)9-12/h5-6,9,13H,1-4,7-8,15H2,(H2,16,17). The van der Waals surface area contributed by atoms with Gasteiger partial charge < -0.3 is 11.5 Å². The third-order valence-electron chi connectivity index (χ3n) is 3.50. The van der Waals surface area contributed by atoms with Crippen LogP contribution in [0.3, 0.4) is 0 Å². The maximum Gasteiger partial charge on any atom is 0.217 e. The molecule has 1 unspecified atom stereocenters. The minimum absolute atomic E-state index is 0.0743. The van der Waals surface area contributed by atoms with E-state index >= 15 is 0 Å². The van der Waals surface area contributed by atoms with Crippen LogP contribution in [0.4, 0.5) is 0 Å². The maximum absolute atomic E-state index is 10.7. The van der Waals surface area contributed by atoms with Crippen LogP contribution in [0.25, 0.3) is 0 Å². The molecule has 0 aromatic heterocycles. The molecule has 0 saturated heterocycles. The van der Waals surface area contributed by atoms with Crippen LogP contribution < -0.4 is 11.5 Å². The Morgan fingerprint density at radius 2 is 1.94 bits per heavy atom. The monoisotopic (exact) mass is 232 g/mol. The van der Waals surface area contributed by atoms with Crippen molar-refractivity contribution < 1.29 is 4.79 Å². The van der Waals surface area contributed by atoms with Gasteiger partial charge in [0.2, 0.25) is 5.91 Å². The van der Waals surface area contributed by atoms with Crippen molar-refractivity contribution >= 4 is 5.91 Å². The van der Waals surface area contributed by atoms with Gasteiger partial charge in [0, 0.05) is 12.5 Å². The molecule has 3 heteroatoms. The lowest BCUT2D eigenvalue weighted by atomic mass is 9.88. The van der Waals surface area contributed by atoms with E-state index in [0.29, 0.717) is 12.8 Å². The molecule has 0 saturated carbocycles. The lowest BCUT2D eigenvalue weighted by Gasteiger charge is -2.19. The molecule has 0 spiro atoms. The number of carbonyl (C=O) groups is 1. The molecule has 1 aromatic rings. The van der Waals surface area contributed by atoms with Crippen molar-refractivity contribution in [3.8, 4) is 0 Å². The molecular weight excluding hydrogens is 212 g/mol. The van der Waals surface area contributed by atoms with E-state index < -0.39 is 0 Å². The number of carbonyl (C=O) groups excluding carboxylic acids is 1. The number of hydrogen-bond donors (Lipinski definition) is 2. The van der Waals surface area contributed by atoms with E-state index in [1.807, 2.05) is 0 Å². The molecule has 0 aliphatic heterocycles. The summed E-state index contributed by atoms with van der Waals surface area (Å²) in [6, 6.07) is 6.42. The van der Waals surface area contributed by atoms with E-state index in [1.54, 1.807) is 0 Å². The van der Waals surface area contributed by atoms with Gasteiger partial charge in [-0.1, -0.05) is 18.2 Å². The van der Waals surface area contributed by atoms with E-state index in [-0.39, 0.29) is 11.9 Å². The largest absolute Gasteiger partial charge is 0.370 e. The first-order valence-corrected chi connectivity index (χ1v) is 6.32. The lowest BCUT2D eigenvalue weighted by Crippen LogP contribution is -2.17. The summed E-state index contributed by atoms with van der Waals surface area (Å²) in [4.78, 5) is 10.7. The minimum Gasteiger partial charge on any atom is -0.370 e. The van der Waals surface area contributed by atoms with Gasteiger partial charge in [0.1, 0.15) is 0 Å². The third kappa shape index (κ3) is 3.07. The summed E-state index contributed by atoms with van der Waals surface area (Å²) in [5.74, 6) is -0.279. The van der Waals surface area contributed by atoms with Gasteiger partial charge in [-0.05, 0) is 48.8 Å². The normalized spacial score (nSPS) is 16.3. The maximum atomic E-state index is 10.7. The van der Waals surface area contributed by atoms with E-state index in [2.05, 4.69) is 18.2 Å². The van der Waals surface area contributed by atoms with Gasteiger partial charge in [-0.3, -0.25) is 4.79 Å². The average Bonchev–Trinajstić information content (AvgIpc) is 2.35. The van der Waals surface area contributed by atoms with Gasteiger partial charge in [0.15, 0.2) is 0 Å². The van der Waals surface area contributed by atoms with Crippen molar-refractivity contribution in [2.45, 2.75) is 44.6 Å². The van der Waals surface area contributed by atoms with Gasteiger partial charge in [-0.25, -0.2) is 0 Å². The fourth-order valence-corrected chi connectivity index (χ4v) is 2.45. The third-order valence-corrected chi connectivity index (χ3v) is 3.50. The van der Waals surface area contributed by atoms with E-state index in [0.717, 1.165) is 12.0 Å². The van der Waals surface area contributed by atoms with Crippen molar-refractivity contribution in [1.82, 2.24) is 0 Å². The molecule has 0 heterocycles. The summed E-state index contributed by atoms with van der Waals surface area (Å²) in [6.45, 7) is 0. The number of fused-ring (bicyclic) bond motifs is 1. The predicted octanol–water partition coefficient (Wildman–Crippen LogP) is 1.83. The molecule has 92 valence electrons. The van der Waals surface area contributed by atoms with Gasteiger partial charge in [0.05, 0.1) is 0 Å². The number of nitrogens with two attached hydrogens (primary N) is 2. The van der Waals surface area contributed by atoms with Crippen LogP contribution in [-0.4, -0.2) is 5.91 Å². The molecule has 1 aliphatic carbocycles. The smallest absolute Gasteiger partial charge is 0.217 e. The molecule has 1 aliphatic rings. The highest BCUT2D eigenvalue weighted by Crippen LogP contribution is 2.25. The molecule has 0 fully saturated rings. The number of benzene rings is 1. The van der Waals surface area contributed by atoms with Crippen molar-refractivity contribution in [3.63, 3.8) is 0 Å².